The predicted octanol–water partition coefficient (Wildman–Crippen LogP) is 1.65. The zero-order chi connectivity index (χ0) is 19.7. The molecule has 0 aliphatic rings. The van der Waals surface area contributed by atoms with Crippen LogP contribution in [-0.2, 0) is 22.9 Å². The molecular weight excluding hydrogens is 346 g/mol. The summed E-state index contributed by atoms with van der Waals surface area (Å²) >= 11 is 0. The van der Waals surface area contributed by atoms with Gasteiger partial charge in [-0.15, -0.1) is 0 Å². The third-order valence-corrected chi connectivity index (χ3v) is 6.13. The molecule has 25 heavy (non-hydrogen) atoms. The van der Waals surface area contributed by atoms with Crippen molar-refractivity contribution in [1.82, 2.24) is 5.32 Å². The van der Waals surface area contributed by atoms with Crippen LogP contribution in [0.5, 0.6) is 0 Å². The normalized spacial score (nSPS) is 12.1. The molecule has 0 saturated carbocycles. The van der Waals surface area contributed by atoms with Crippen LogP contribution in [-0.4, -0.2) is 63.9 Å². The minimum atomic E-state index is -2.67. The van der Waals surface area contributed by atoms with Crippen LogP contribution in [0.25, 0.3) is 0 Å². The number of hydrogen-bond donors (Lipinski definition) is 3. The third kappa shape index (κ3) is 13.9. The number of carbonyl (C=O) groups excluding carboxylic acids is 1. The van der Waals surface area contributed by atoms with Crippen molar-refractivity contribution in [3.63, 3.8) is 0 Å². The van der Waals surface area contributed by atoms with Crippen LogP contribution >= 0.6 is 0 Å². The average molecular weight is 382 g/mol. The Hall–Kier alpha value is -1.00. The summed E-state index contributed by atoms with van der Waals surface area (Å²) in [5, 5.41) is 19.0. The van der Waals surface area contributed by atoms with Gasteiger partial charge in [0.1, 0.15) is 0 Å². The van der Waals surface area contributed by atoms with Gasteiger partial charge in [0.15, 0.2) is 0 Å². The van der Waals surface area contributed by atoms with E-state index in [1.165, 1.54) is 0 Å². The fourth-order valence-electron chi connectivity index (χ4n) is 2.05. The first-order valence-electron chi connectivity index (χ1n) is 8.84. The topological polar surface area (TPSA) is 114 Å². The lowest BCUT2D eigenvalue weighted by Gasteiger charge is -2.28. The molecule has 0 aliphatic heterocycles. The fourth-order valence-corrected chi connectivity index (χ4v) is 4.66. The SMILES string of the molecule is CCO.CCO[Si](CCCNC(=O)C(C)CC(=O)O)(OCC)OCC. The number of rotatable bonds is 13. The van der Waals surface area contributed by atoms with E-state index in [9.17, 15) is 9.59 Å². The minimum Gasteiger partial charge on any atom is -0.481 e. The van der Waals surface area contributed by atoms with E-state index in [1.807, 2.05) is 20.8 Å². The second-order valence-corrected chi connectivity index (χ2v) is 7.92. The number of carboxylic acids is 1. The molecule has 0 aromatic heterocycles. The lowest BCUT2D eigenvalue weighted by molar-refractivity contribution is -0.140. The van der Waals surface area contributed by atoms with Gasteiger partial charge in [-0.1, -0.05) is 6.92 Å². The Morgan fingerprint density at radius 1 is 1.04 bits per heavy atom. The van der Waals surface area contributed by atoms with Crippen molar-refractivity contribution in [2.75, 3.05) is 33.0 Å². The molecule has 0 fully saturated rings. The first-order valence-corrected chi connectivity index (χ1v) is 10.8. The van der Waals surface area contributed by atoms with Gasteiger partial charge >= 0.3 is 14.8 Å². The van der Waals surface area contributed by atoms with Gasteiger partial charge in [0, 0.05) is 44.9 Å². The molecule has 8 nitrogen and oxygen atoms in total. The molecule has 0 spiro atoms. The summed E-state index contributed by atoms with van der Waals surface area (Å²) in [5.41, 5.74) is 0. The smallest absolute Gasteiger partial charge is 0.481 e. The molecule has 1 unspecified atom stereocenters. The summed E-state index contributed by atoms with van der Waals surface area (Å²) in [6.07, 6.45) is 0.499. The molecule has 1 atom stereocenters. The standard InChI is InChI=1S/C14H29NO6Si.C2H6O/c1-5-19-22(20-6-2,21-7-3)10-8-9-15-14(18)12(4)11-13(16)17;1-2-3/h12H,5-11H2,1-4H3,(H,15,18)(H,16,17);3H,2H2,1H3. The number of aliphatic hydroxyl groups excluding tert-OH is 1. The molecule has 0 aromatic carbocycles. The number of aliphatic carboxylic acids is 1. The maximum atomic E-state index is 11.7. The zero-order valence-electron chi connectivity index (χ0n) is 16.2. The van der Waals surface area contributed by atoms with E-state index in [4.69, 9.17) is 23.5 Å². The van der Waals surface area contributed by atoms with Crippen LogP contribution in [0, 0.1) is 5.92 Å². The molecule has 9 heteroatoms. The van der Waals surface area contributed by atoms with E-state index < -0.39 is 20.7 Å². The van der Waals surface area contributed by atoms with E-state index in [0.29, 0.717) is 38.8 Å². The number of carbonyl (C=O) groups is 2. The van der Waals surface area contributed by atoms with Crippen molar-refractivity contribution in [3.8, 4) is 0 Å². The average Bonchev–Trinajstić information content (AvgIpc) is 2.52. The molecule has 1 amide bonds. The van der Waals surface area contributed by atoms with Gasteiger partial charge in [-0.25, -0.2) is 0 Å². The van der Waals surface area contributed by atoms with Crippen molar-refractivity contribution in [3.05, 3.63) is 0 Å². The molecular formula is C16H35NO7Si. The summed E-state index contributed by atoms with van der Waals surface area (Å²) in [5.74, 6) is -1.76. The monoisotopic (exact) mass is 381 g/mol. The molecule has 0 saturated heterocycles. The Bertz CT molecular complexity index is 338. The molecule has 0 heterocycles. The van der Waals surface area contributed by atoms with Gasteiger partial charge in [-0.2, -0.15) is 0 Å². The van der Waals surface area contributed by atoms with Gasteiger partial charge < -0.3 is 28.8 Å². The van der Waals surface area contributed by atoms with Crippen LogP contribution in [0.2, 0.25) is 6.04 Å². The maximum absolute atomic E-state index is 11.7. The molecule has 3 N–H and O–H groups in total. The molecule has 0 rings (SSSR count). The summed E-state index contributed by atoms with van der Waals surface area (Å²) in [6, 6.07) is 0.621. The van der Waals surface area contributed by atoms with E-state index in [-0.39, 0.29) is 18.9 Å². The summed E-state index contributed by atoms with van der Waals surface area (Å²) in [7, 11) is -2.67. The molecule has 0 aromatic rings. The lowest BCUT2D eigenvalue weighted by atomic mass is 10.1. The molecule has 0 radical (unpaired) electrons. The molecule has 150 valence electrons. The number of nitrogens with one attached hydrogen (secondary N) is 1. The Morgan fingerprint density at radius 3 is 1.84 bits per heavy atom. The van der Waals surface area contributed by atoms with Gasteiger partial charge in [0.2, 0.25) is 5.91 Å². The highest BCUT2D eigenvalue weighted by Crippen LogP contribution is 2.17. The number of carboxylic acid groups (broad SMARTS) is 1. The van der Waals surface area contributed by atoms with Crippen LogP contribution in [0.15, 0.2) is 0 Å². The summed E-state index contributed by atoms with van der Waals surface area (Å²) in [6.45, 7) is 11.2. The largest absolute Gasteiger partial charge is 0.500 e. The van der Waals surface area contributed by atoms with Crippen molar-refractivity contribution in [2.24, 2.45) is 5.92 Å². The lowest BCUT2D eigenvalue weighted by Crippen LogP contribution is -2.46. The van der Waals surface area contributed by atoms with E-state index >= 15 is 0 Å². The van der Waals surface area contributed by atoms with Crippen molar-refractivity contribution >= 4 is 20.7 Å². The Labute approximate surface area is 152 Å². The van der Waals surface area contributed by atoms with Crippen LogP contribution in [0.3, 0.4) is 0 Å². The Morgan fingerprint density at radius 2 is 1.48 bits per heavy atom. The summed E-state index contributed by atoms with van der Waals surface area (Å²) < 4.78 is 17.2. The van der Waals surface area contributed by atoms with E-state index in [1.54, 1.807) is 13.8 Å². The number of amides is 1. The van der Waals surface area contributed by atoms with Crippen molar-refractivity contribution in [1.29, 1.82) is 0 Å². The Kier molecular flexibility index (Phi) is 17.3. The van der Waals surface area contributed by atoms with Gasteiger partial charge in [-0.3, -0.25) is 9.59 Å². The summed E-state index contributed by atoms with van der Waals surface area (Å²) in [4.78, 5) is 22.3. The Balaban J connectivity index is 0. The maximum Gasteiger partial charge on any atom is 0.500 e. The van der Waals surface area contributed by atoms with Gasteiger partial charge in [0.25, 0.3) is 0 Å². The van der Waals surface area contributed by atoms with Crippen molar-refractivity contribution in [2.45, 2.75) is 53.5 Å². The van der Waals surface area contributed by atoms with Gasteiger partial charge in [-0.05, 0) is 34.1 Å². The van der Waals surface area contributed by atoms with E-state index in [0.717, 1.165) is 0 Å². The van der Waals surface area contributed by atoms with Crippen LogP contribution in [0.4, 0.5) is 0 Å². The number of aliphatic hydroxyl groups is 1. The minimum absolute atomic E-state index is 0.165. The first kappa shape index (κ1) is 26.2. The number of hydrogen-bond acceptors (Lipinski definition) is 6. The van der Waals surface area contributed by atoms with Crippen molar-refractivity contribution < 1.29 is 33.1 Å². The first-order chi connectivity index (χ1) is 11.8. The highest BCUT2D eigenvalue weighted by Gasteiger charge is 2.39. The predicted molar refractivity (Wildman–Crippen MR) is 97.2 cm³/mol. The van der Waals surface area contributed by atoms with Crippen LogP contribution in [0.1, 0.15) is 47.5 Å². The molecule has 0 bridgehead atoms. The second kappa shape index (κ2) is 16.5. The van der Waals surface area contributed by atoms with E-state index in [2.05, 4.69) is 5.32 Å². The second-order valence-electron chi connectivity index (χ2n) is 5.19. The quantitative estimate of drug-likeness (QED) is 0.328. The highest BCUT2D eigenvalue weighted by atomic mass is 28.4. The zero-order valence-corrected chi connectivity index (χ0v) is 17.2. The third-order valence-electron chi connectivity index (χ3n) is 2.98. The molecule has 0 aliphatic carbocycles. The van der Waals surface area contributed by atoms with Crippen LogP contribution < -0.4 is 5.32 Å². The van der Waals surface area contributed by atoms with Gasteiger partial charge in [0.05, 0.1) is 6.42 Å². The highest BCUT2D eigenvalue weighted by molar-refractivity contribution is 6.60. The fraction of sp³-hybridized carbons (Fsp3) is 0.875.